The van der Waals surface area contributed by atoms with Gasteiger partial charge in [0.15, 0.2) is 0 Å². The van der Waals surface area contributed by atoms with Crippen molar-refractivity contribution in [3.63, 3.8) is 0 Å². The predicted octanol–water partition coefficient (Wildman–Crippen LogP) is 2.59. The molecule has 1 saturated carbocycles. The monoisotopic (exact) mass is 341 g/mol. The molecule has 0 spiro atoms. The van der Waals surface area contributed by atoms with Crippen molar-refractivity contribution in [3.05, 3.63) is 0 Å². The van der Waals surface area contributed by atoms with Gasteiger partial charge in [0.1, 0.15) is 0 Å². The summed E-state index contributed by atoms with van der Waals surface area (Å²) >= 11 is 0. The van der Waals surface area contributed by atoms with Crippen LogP contribution in [0.5, 0.6) is 0 Å². The Bertz CT molecular complexity index is 293. The number of hydrogen-bond acceptors (Lipinski definition) is 3. The fraction of sp³-hybridized carbons (Fsp3) is 0.933. The van der Waals surface area contributed by atoms with Crippen molar-refractivity contribution < 1.29 is 4.79 Å². The minimum Gasteiger partial charge on any atom is -0.354 e. The zero-order valence-electron chi connectivity index (χ0n) is 13.9. The van der Waals surface area contributed by atoms with Gasteiger partial charge in [0, 0.05) is 18.6 Å². The number of carbonyl (C=O) groups is 1. The third-order valence-electron chi connectivity index (χ3n) is 5.29. The lowest BCUT2D eigenvalue weighted by Gasteiger charge is -2.38. The molecule has 0 unspecified atom stereocenters. The van der Waals surface area contributed by atoms with E-state index in [0.29, 0.717) is 6.54 Å². The molecule has 0 aromatic carbocycles. The van der Waals surface area contributed by atoms with Gasteiger partial charge in [-0.2, -0.15) is 0 Å². The van der Waals surface area contributed by atoms with Crippen molar-refractivity contribution in [2.24, 2.45) is 11.1 Å². The molecule has 0 radical (unpaired) electrons. The molecule has 1 fully saturated rings. The van der Waals surface area contributed by atoms with E-state index < -0.39 is 0 Å². The second kappa shape index (κ2) is 9.88. The number of nitrogens with two attached hydrogens (primary N) is 1. The Morgan fingerprint density at radius 3 is 2.00 bits per heavy atom. The molecule has 0 bridgehead atoms. The summed E-state index contributed by atoms with van der Waals surface area (Å²) in [4.78, 5) is 14.8. The number of nitrogens with zero attached hydrogens (tertiary/aromatic N) is 1. The van der Waals surface area contributed by atoms with Crippen LogP contribution in [0, 0.1) is 5.41 Å². The summed E-state index contributed by atoms with van der Waals surface area (Å²) in [6, 6.07) is 0. The van der Waals surface area contributed by atoms with Crippen LogP contribution in [-0.2, 0) is 4.79 Å². The molecule has 1 amide bonds. The Morgan fingerprint density at radius 1 is 1.19 bits per heavy atom. The van der Waals surface area contributed by atoms with E-state index in [4.69, 9.17) is 5.73 Å². The average Bonchev–Trinajstić information content (AvgIpc) is 2.89. The average molecular weight is 342 g/mol. The third kappa shape index (κ3) is 4.98. The standard InChI is InChI=1S/C15H31N3O.2ClH/c1-5-14(6-2,11-16)13(19)17-12-15(18(3)4)9-7-8-10-15;;/h5-12,16H2,1-4H3,(H,17,19);2*1H. The predicted molar refractivity (Wildman–Crippen MR) is 94.5 cm³/mol. The van der Waals surface area contributed by atoms with Crippen molar-refractivity contribution in [3.8, 4) is 0 Å². The third-order valence-corrected chi connectivity index (χ3v) is 5.29. The van der Waals surface area contributed by atoms with Crippen LogP contribution in [-0.4, -0.2) is 43.5 Å². The number of likely N-dealkylation sites (N-methyl/N-ethyl adjacent to an activating group) is 1. The molecule has 3 N–H and O–H groups in total. The van der Waals surface area contributed by atoms with Gasteiger partial charge in [-0.15, -0.1) is 24.8 Å². The van der Waals surface area contributed by atoms with Crippen LogP contribution in [0.3, 0.4) is 0 Å². The van der Waals surface area contributed by atoms with Gasteiger partial charge in [-0.3, -0.25) is 4.79 Å². The number of carbonyl (C=O) groups excluding carboxylic acids is 1. The summed E-state index contributed by atoms with van der Waals surface area (Å²) in [6.45, 7) is 5.28. The number of rotatable bonds is 7. The normalized spacial score (nSPS) is 17.0. The van der Waals surface area contributed by atoms with Crippen LogP contribution in [0.15, 0.2) is 0 Å². The van der Waals surface area contributed by atoms with Crippen molar-refractivity contribution >= 4 is 30.7 Å². The lowest BCUT2D eigenvalue weighted by atomic mass is 9.81. The Kier molecular flexibility index (Phi) is 10.9. The van der Waals surface area contributed by atoms with Crippen LogP contribution in [0.25, 0.3) is 0 Å². The van der Waals surface area contributed by atoms with E-state index >= 15 is 0 Å². The van der Waals surface area contributed by atoms with Gasteiger partial charge in [0.2, 0.25) is 5.91 Å². The number of halogens is 2. The summed E-state index contributed by atoms with van der Waals surface area (Å²) in [7, 11) is 4.24. The van der Waals surface area contributed by atoms with Crippen LogP contribution in [0.1, 0.15) is 52.4 Å². The highest BCUT2D eigenvalue weighted by Crippen LogP contribution is 2.33. The second-order valence-electron chi connectivity index (χ2n) is 6.20. The Balaban J connectivity index is 0. The highest BCUT2D eigenvalue weighted by molar-refractivity contribution is 5.85. The minimum absolute atomic E-state index is 0. The molecule has 1 aliphatic rings. The quantitative estimate of drug-likeness (QED) is 0.748. The van der Waals surface area contributed by atoms with E-state index in [2.05, 4.69) is 24.3 Å². The van der Waals surface area contributed by atoms with Gasteiger partial charge in [0.05, 0.1) is 5.41 Å². The smallest absolute Gasteiger partial charge is 0.227 e. The zero-order valence-corrected chi connectivity index (χ0v) is 15.5. The molecule has 0 aliphatic heterocycles. The SMILES string of the molecule is CCC(CC)(CN)C(=O)NCC1(N(C)C)CCCC1.Cl.Cl. The van der Waals surface area contributed by atoms with Crippen molar-refractivity contribution in [2.75, 3.05) is 27.2 Å². The van der Waals surface area contributed by atoms with Gasteiger partial charge in [0.25, 0.3) is 0 Å². The maximum absolute atomic E-state index is 12.5. The molecule has 4 nitrogen and oxygen atoms in total. The van der Waals surface area contributed by atoms with Crippen LogP contribution in [0.4, 0.5) is 0 Å². The number of nitrogens with one attached hydrogen (secondary N) is 1. The van der Waals surface area contributed by atoms with Crippen molar-refractivity contribution in [1.82, 2.24) is 10.2 Å². The van der Waals surface area contributed by atoms with Crippen LogP contribution >= 0.6 is 24.8 Å². The molecular weight excluding hydrogens is 309 g/mol. The summed E-state index contributed by atoms with van der Waals surface area (Å²) in [5.74, 6) is 0.133. The number of amides is 1. The maximum Gasteiger partial charge on any atom is 0.227 e. The highest BCUT2D eigenvalue weighted by atomic mass is 35.5. The van der Waals surface area contributed by atoms with E-state index in [1.807, 2.05) is 13.8 Å². The summed E-state index contributed by atoms with van der Waals surface area (Å²) in [5, 5.41) is 3.18. The summed E-state index contributed by atoms with van der Waals surface area (Å²) < 4.78 is 0. The van der Waals surface area contributed by atoms with Crippen molar-refractivity contribution in [1.29, 1.82) is 0 Å². The fourth-order valence-corrected chi connectivity index (χ4v) is 3.20. The Labute approximate surface area is 142 Å². The molecule has 128 valence electrons. The lowest BCUT2D eigenvalue weighted by Crippen LogP contribution is -2.54. The first kappa shape index (κ1) is 23.2. The van der Waals surface area contributed by atoms with Gasteiger partial charge in [-0.1, -0.05) is 26.7 Å². The van der Waals surface area contributed by atoms with Gasteiger partial charge in [-0.05, 0) is 39.8 Å². The molecule has 1 rings (SSSR count). The Morgan fingerprint density at radius 2 is 1.67 bits per heavy atom. The molecule has 0 saturated heterocycles. The Hall–Kier alpha value is -0.0300. The first-order chi connectivity index (χ1) is 8.96. The lowest BCUT2D eigenvalue weighted by molar-refractivity contribution is -0.131. The van der Waals surface area contributed by atoms with E-state index in [1.54, 1.807) is 0 Å². The van der Waals surface area contributed by atoms with E-state index in [9.17, 15) is 4.79 Å². The van der Waals surface area contributed by atoms with E-state index in [1.165, 1.54) is 25.7 Å². The highest BCUT2D eigenvalue weighted by Gasteiger charge is 2.39. The van der Waals surface area contributed by atoms with Crippen LogP contribution < -0.4 is 11.1 Å². The van der Waals surface area contributed by atoms with Crippen LogP contribution in [0.2, 0.25) is 0 Å². The van der Waals surface area contributed by atoms with E-state index in [-0.39, 0.29) is 41.7 Å². The van der Waals surface area contributed by atoms with E-state index in [0.717, 1.165) is 19.4 Å². The van der Waals surface area contributed by atoms with Gasteiger partial charge >= 0.3 is 0 Å². The summed E-state index contributed by atoms with van der Waals surface area (Å²) in [5.41, 5.74) is 5.60. The first-order valence-corrected chi connectivity index (χ1v) is 7.62. The van der Waals surface area contributed by atoms with Crippen molar-refractivity contribution in [2.45, 2.75) is 57.9 Å². The maximum atomic E-state index is 12.5. The topological polar surface area (TPSA) is 58.4 Å². The molecule has 21 heavy (non-hydrogen) atoms. The van der Waals surface area contributed by atoms with Gasteiger partial charge < -0.3 is 16.0 Å². The number of hydrogen-bond donors (Lipinski definition) is 2. The zero-order chi connectivity index (χ0) is 14.5. The molecule has 0 heterocycles. The summed E-state index contributed by atoms with van der Waals surface area (Å²) in [6.07, 6.45) is 6.49. The molecule has 0 atom stereocenters. The first-order valence-electron chi connectivity index (χ1n) is 7.62. The fourth-order valence-electron chi connectivity index (χ4n) is 3.20. The molecule has 1 aliphatic carbocycles. The molecule has 0 aromatic heterocycles. The molecule has 0 aromatic rings. The molecular formula is C15H33Cl2N3O. The van der Waals surface area contributed by atoms with Gasteiger partial charge in [-0.25, -0.2) is 0 Å². The molecule has 6 heteroatoms. The second-order valence-corrected chi connectivity index (χ2v) is 6.20. The largest absolute Gasteiger partial charge is 0.354 e. The minimum atomic E-state index is -0.383.